The Morgan fingerprint density at radius 3 is 2.74 bits per heavy atom. The highest BCUT2D eigenvalue weighted by atomic mass is 35.5. The highest BCUT2D eigenvalue weighted by molar-refractivity contribution is 6.30. The van der Waals surface area contributed by atoms with Crippen LogP contribution in [0.15, 0.2) is 45.0 Å². The van der Waals surface area contributed by atoms with Crippen molar-refractivity contribution in [1.29, 1.82) is 5.26 Å². The zero-order valence-electron chi connectivity index (χ0n) is 16.5. The van der Waals surface area contributed by atoms with Crippen LogP contribution >= 0.6 is 11.6 Å². The molecule has 2 heterocycles. The van der Waals surface area contributed by atoms with E-state index in [1.54, 1.807) is 13.0 Å². The molecule has 0 aliphatic rings. The molecule has 0 bridgehead atoms. The van der Waals surface area contributed by atoms with Crippen LogP contribution in [-0.2, 0) is 11.3 Å². The molecule has 31 heavy (non-hydrogen) atoms. The number of hydrazone groups is 1. The lowest BCUT2D eigenvalue weighted by Crippen LogP contribution is -2.31. The molecule has 11 heteroatoms. The predicted octanol–water partition coefficient (Wildman–Crippen LogP) is 2.05. The summed E-state index contributed by atoms with van der Waals surface area (Å²) in [6.45, 7) is 1.95. The number of aromatic nitrogens is 3. The van der Waals surface area contributed by atoms with Gasteiger partial charge in [0.15, 0.2) is 5.82 Å². The quantitative estimate of drug-likeness (QED) is 0.392. The van der Waals surface area contributed by atoms with E-state index in [9.17, 15) is 20.0 Å². The number of anilines is 1. The van der Waals surface area contributed by atoms with E-state index < -0.39 is 17.1 Å². The molecule has 0 unspecified atom stereocenters. The molecule has 0 atom stereocenters. The maximum absolute atomic E-state index is 12.2. The molecule has 10 nitrogen and oxygen atoms in total. The fourth-order valence-electron chi connectivity index (χ4n) is 2.86. The number of aryl methyl sites for hydroxylation is 1. The number of nitriles is 1. The van der Waals surface area contributed by atoms with E-state index in [-0.39, 0.29) is 23.6 Å². The van der Waals surface area contributed by atoms with Crippen LogP contribution in [0.25, 0.3) is 5.69 Å². The number of nitrogens with zero attached hydrogens (tertiary/aromatic N) is 4. The molecule has 1 aromatic carbocycles. The summed E-state index contributed by atoms with van der Waals surface area (Å²) in [4.78, 5) is 30.8. The van der Waals surface area contributed by atoms with Crippen molar-refractivity contribution in [3.8, 4) is 17.6 Å². The fourth-order valence-corrected chi connectivity index (χ4v) is 2.98. The number of hydrogen-bond acceptors (Lipinski definition) is 8. The number of halogens is 1. The summed E-state index contributed by atoms with van der Waals surface area (Å²) in [6, 6.07) is 9.84. The molecule has 3 N–H and O–H groups in total. The molecule has 0 amide bonds. The van der Waals surface area contributed by atoms with Gasteiger partial charge in [-0.1, -0.05) is 11.6 Å². The predicted molar refractivity (Wildman–Crippen MR) is 115 cm³/mol. The number of pyridine rings is 1. The topological polar surface area (TPSA) is 145 Å². The van der Waals surface area contributed by atoms with Crippen LogP contribution in [0.1, 0.15) is 22.4 Å². The standard InChI is InChI=1S/C20H17ClN6O4/c1-11-7-12(10-31-2)15(8-22)17(24-11)26-23-9-16-18(28)25-20(30)27(19(16)29)14-5-3-13(21)4-6-14/h3-7,9,29H,10H2,1-2H3,(H,24,26)(H,25,28,30)/b23-9-. The SMILES string of the molecule is COCc1cc(C)nc(N/N=C\c2c(O)n(-c3ccc(Cl)cc3)c(=O)[nH]c2=O)c1C#N. The Kier molecular flexibility index (Phi) is 6.49. The molecule has 3 aromatic rings. The summed E-state index contributed by atoms with van der Waals surface area (Å²) in [7, 11) is 1.51. The summed E-state index contributed by atoms with van der Waals surface area (Å²) in [5.41, 5.74) is 2.43. The molecular formula is C20H17ClN6O4. The molecule has 0 aliphatic heterocycles. The van der Waals surface area contributed by atoms with Crippen LogP contribution in [0.2, 0.25) is 5.02 Å². The van der Waals surface area contributed by atoms with Gasteiger partial charge in [0.1, 0.15) is 17.2 Å². The van der Waals surface area contributed by atoms with E-state index in [0.717, 1.165) is 10.8 Å². The Hall–Kier alpha value is -3.94. The van der Waals surface area contributed by atoms with Gasteiger partial charge in [0, 0.05) is 23.4 Å². The monoisotopic (exact) mass is 440 g/mol. The van der Waals surface area contributed by atoms with Crippen molar-refractivity contribution in [2.45, 2.75) is 13.5 Å². The van der Waals surface area contributed by atoms with Crippen molar-refractivity contribution >= 4 is 23.6 Å². The minimum absolute atomic E-state index is 0.160. The highest BCUT2D eigenvalue weighted by Crippen LogP contribution is 2.20. The zero-order valence-corrected chi connectivity index (χ0v) is 17.3. The first-order valence-corrected chi connectivity index (χ1v) is 9.26. The van der Waals surface area contributed by atoms with Crippen LogP contribution in [0.5, 0.6) is 5.88 Å². The first-order valence-electron chi connectivity index (χ1n) is 8.88. The molecule has 0 saturated carbocycles. The number of ether oxygens (including phenoxy) is 1. The number of aromatic hydroxyl groups is 1. The van der Waals surface area contributed by atoms with Crippen LogP contribution < -0.4 is 16.7 Å². The normalized spacial score (nSPS) is 10.9. The average molecular weight is 441 g/mol. The van der Waals surface area contributed by atoms with Crippen LogP contribution in [-0.4, -0.2) is 33.0 Å². The number of methoxy groups -OCH3 is 1. The summed E-state index contributed by atoms with van der Waals surface area (Å²) in [5, 5.41) is 24.3. The lowest BCUT2D eigenvalue weighted by atomic mass is 10.1. The summed E-state index contributed by atoms with van der Waals surface area (Å²) >= 11 is 5.85. The molecule has 3 rings (SSSR count). The van der Waals surface area contributed by atoms with E-state index in [4.69, 9.17) is 16.3 Å². The van der Waals surface area contributed by atoms with Gasteiger partial charge < -0.3 is 9.84 Å². The average Bonchev–Trinajstić information content (AvgIpc) is 2.72. The van der Waals surface area contributed by atoms with Crippen LogP contribution in [0.3, 0.4) is 0 Å². The van der Waals surface area contributed by atoms with Gasteiger partial charge >= 0.3 is 5.69 Å². The van der Waals surface area contributed by atoms with E-state index in [2.05, 4.69) is 20.5 Å². The minimum atomic E-state index is -0.837. The Labute approximate surface area is 181 Å². The van der Waals surface area contributed by atoms with Crippen LogP contribution in [0.4, 0.5) is 5.82 Å². The number of benzene rings is 1. The van der Waals surface area contributed by atoms with Crippen molar-refractivity contribution in [3.63, 3.8) is 0 Å². The Balaban J connectivity index is 2.00. The Bertz CT molecular complexity index is 1310. The van der Waals surface area contributed by atoms with Crippen molar-refractivity contribution in [2.75, 3.05) is 12.5 Å². The number of H-pyrrole nitrogens is 1. The first kappa shape index (κ1) is 21.8. The zero-order chi connectivity index (χ0) is 22.5. The second-order valence-electron chi connectivity index (χ2n) is 6.37. The van der Waals surface area contributed by atoms with E-state index >= 15 is 0 Å². The molecule has 0 radical (unpaired) electrons. The van der Waals surface area contributed by atoms with Crippen molar-refractivity contribution < 1.29 is 9.84 Å². The lowest BCUT2D eigenvalue weighted by Gasteiger charge is -2.10. The minimum Gasteiger partial charge on any atom is -0.493 e. The summed E-state index contributed by atoms with van der Waals surface area (Å²) < 4.78 is 6.00. The van der Waals surface area contributed by atoms with E-state index in [1.165, 1.54) is 31.4 Å². The van der Waals surface area contributed by atoms with Gasteiger partial charge in [0.25, 0.3) is 5.56 Å². The summed E-state index contributed by atoms with van der Waals surface area (Å²) in [6.07, 6.45) is 1.03. The molecule has 2 aromatic heterocycles. The number of hydrogen-bond donors (Lipinski definition) is 3. The van der Waals surface area contributed by atoms with Crippen molar-refractivity contribution in [3.05, 3.63) is 78.6 Å². The summed E-state index contributed by atoms with van der Waals surface area (Å²) in [5.74, 6) is -0.452. The maximum atomic E-state index is 12.2. The van der Waals surface area contributed by atoms with Crippen molar-refractivity contribution in [2.24, 2.45) is 5.10 Å². The van der Waals surface area contributed by atoms with Gasteiger partial charge in [-0.3, -0.25) is 15.2 Å². The highest BCUT2D eigenvalue weighted by Gasteiger charge is 2.15. The van der Waals surface area contributed by atoms with E-state index in [1.807, 2.05) is 6.07 Å². The smallest absolute Gasteiger partial charge is 0.335 e. The van der Waals surface area contributed by atoms with E-state index in [0.29, 0.717) is 22.0 Å². The molecule has 0 saturated heterocycles. The van der Waals surface area contributed by atoms with Gasteiger partial charge in [-0.2, -0.15) is 10.4 Å². The Morgan fingerprint density at radius 2 is 2.10 bits per heavy atom. The maximum Gasteiger partial charge on any atom is 0.335 e. The largest absolute Gasteiger partial charge is 0.493 e. The third kappa shape index (κ3) is 4.63. The second kappa shape index (κ2) is 9.25. The fraction of sp³-hybridized carbons (Fsp3) is 0.150. The van der Waals surface area contributed by atoms with Gasteiger partial charge in [-0.05, 0) is 37.3 Å². The van der Waals surface area contributed by atoms with Gasteiger partial charge in [0.2, 0.25) is 5.88 Å². The van der Waals surface area contributed by atoms with Gasteiger partial charge in [0.05, 0.1) is 18.5 Å². The number of nitrogens with one attached hydrogen (secondary N) is 2. The third-order valence-corrected chi connectivity index (χ3v) is 4.46. The molecule has 0 aliphatic carbocycles. The third-order valence-electron chi connectivity index (χ3n) is 4.21. The lowest BCUT2D eigenvalue weighted by molar-refractivity contribution is 0.184. The number of rotatable bonds is 6. The molecule has 0 spiro atoms. The second-order valence-corrected chi connectivity index (χ2v) is 6.81. The van der Waals surface area contributed by atoms with Crippen LogP contribution in [0, 0.1) is 18.3 Å². The van der Waals surface area contributed by atoms with Gasteiger partial charge in [-0.25, -0.2) is 14.3 Å². The van der Waals surface area contributed by atoms with Crippen molar-refractivity contribution in [1.82, 2.24) is 14.5 Å². The number of aromatic amines is 1. The molecule has 158 valence electrons. The first-order chi connectivity index (χ1) is 14.8. The van der Waals surface area contributed by atoms with Gasteiger partial charge in [-0.15, -0.1) is 0 Å². The molecule has 0 fully saturated rings. The molecular weight excluding hydrogens is 424 g/mol. The Morgan fingerprint density at radius 1 is 1.39 bits per heavy atom.